The van der Waals surface area contributed by atoms with Gasteiger partial charge in [-0.2, -0.15) is 5.26 Å². The molecule has 3 nitrogen and oxygen atoms in total. The summed E-state index contributed by atoms with van der Waals surface area (Å²) in [5.41, 5.74) is 0.617. The zero-order chi connectivity index (χ0) is 13.4. The summed E-state index contributed by atoms with van der Waals surface area (Å²) in [7, 11) is 0. The van der Waals surface area contributed by atoms with E-state index >= 15 is 0 Å². The van der Waals surface area contributed by atoms with Crippen molar-refractivity contribution in [3.8, 4) is 6.07 Å². The average Bonchev–Trinajstić information content (AvgIpc) is 2.32. The van der Waals surface area contributed by atoms with E-state index in [1.165, 1.54) is 12.1 Å². The molecule has 0 fully saturated rings. The Hall–Kier alpha value is -1.51. The highest BCUT2D eigenvalue weighted by Crippen LogP contribution is 2.07. The number of nitrogens with zero attached hydrogens (tertiary/aromatic N) is 1. The van der Waals surface area contributed by atoms with Gasteiger partial charge in [0.05, 0.1) is 12.7 Å². The van der Waals surface area contributed by atoms with E-state index in [9.17, 15) is 8.78 Å². The maximum absolute atomic E-state index is 12.9. The maximum atomic E-state index is 12.9. The topological polar surface area (TPSA) is 45.0 Å². The number of hydrogen-bond donors (Lipinski definition) is 1. The Morgan fingerprint density at radius 3 is 2.56 bits per heavy atom. The smallest absolute Gasteiger partial charge is 0.141 e. The van der Waals surface area contributed by atoms with Crippen molar-refractivity contribution in [1.82, 2.24) is 5.32 Å². The molecule has 0 spiro atoms. The maximum Gasteiger partial charge on any atom is 0.141 e. The van der Waals surface area contributed by atoms with Crippen LogP contribution in [0.4, 0.5) is 8.78 Å². The van der Waals surface area contributed by atoms with Crippen molar-refractivity contribution in [2.24, 2.45) is 0 Å². The summed E-state index contributed by atoms with van der Waals surface area (Å²) in [5, 5.41) is 11.5. The molecule has 0 bridgehead atoms. The Morgan fingerprint density at radius 1 is 1.28 bits per heavy atom. The molecule has 0 aromatic heterocycles. The Labute approximate surface area is 105 Å². The van der Waals surface area contributed by atoms with E-state index in [0.29, 0.717) is 31.7 Å². The molecule has 1 N–H and O–H groups in total. The van der Waals surface area contributed by atoms with Crippen LogP contribution >= 0.6 is 0 Å². The van der Waals surface area contributed by atoms with E-state index in [1.807, 2.05) is 6.07 Å². The van der Waals surface area contributed by atoms with Crippen LogP contribution in [0, 0.1) is 23.0 Å². The molecule has 98 valence electrons. The fraction of sp³-hybridized carbons (Fsp3) is 0.462. The van der Waals surface area contributed by atoms with Crippen molar-refractivity contribution in [1.29, 1.82) is 5.26 Å². The Bertz CT molecular complexity index is 398. The van der Waals surface area contributed by atoms with Gasteiger partial charge in [-0.15, -0.1) is 0 Å². The number of ether oxygens (including phenoxy) is 1. The predicted molar refractivity (Wildman–Crippen MR) is 64.0 cm³/mol. The van der Waals surface area contributed by atoms with Gasteiger partial charge in [-0.1, -0.05) is 0 Å². The highest BCUT2D eigenvalue weighted by atomic mass is 19.1. The summed E-state index contributed by atoms with van der Waals surface area (Å²) in [4.78, 5) is 0. The van der Waals surface area contributed by atoms with Crippen LogP contribution in [0.1, 0.15) is 12.5 Å². The second-order valence-corrected chi connectivity index (χ2v) is 3.92. The number of halogens is 2. The van der Waals surface area contributed by atoms with E-state index in [2.05, 4.69) is 5.32 Å². The third-order valence-electron chi connectivity index (χ3n) is 2.34. The fourth-order valence-corrected chi connectivity index (χ4v) is 1.46. The normalized spacial score (nSPS) is 12.1. The van der Waals surface area contributed by atoms with Gasteiger partial charge < -0.3 is 10.1 Å². The minimum Gasteiger partial charge on any atom is -0.362 e. The second kappa shape index (κ2) is 7.75. The Morgan fingerprint density at radius 2 is 1.94 bits per heavy atom. The van der Waals surface area contributed by atoms with E-state index in [4.69, 9.17) is 10.00 Å². The summed E-state index contributed by atoms with van der Waals surface area (Å²) in [6.07, 6.45) is 0.131. The van der Waals surface area contributed by atoms with Crippen molar-refractivity contribution in [2.45, 2.75) is 19.4 Å². The van der Waals surface area contributed by atoms with Crippen molar-refractivity contribution in [3.63, 3.8) is 0 Å². The lowest BCUT2D eigenvalue weighted by Gasteiger charge is -2.07. The first-order chi connectivity index (χ1) is 8.61. The molecule has 1 atom stereocenters. The predicted octanol–water partition coefficient (Wildman–Crippen LogP) is 2.03. The van der Waals surface area contributed by atoms with Gasteiger partial charge in [0, 0.05) is 12.6 Å². The van der Waals surface area contributed by atoms with Crippen LogP contribution in [0.5, 0.6) is 0 Å². The van der Waals surface area contributed by atoms with Gasteiger partial charge in [-0.05, 0) is 37.6 Å². The molecule has 1 unspecified atom stereocenters. The van der Waals surface area contributed by atoms with Crippen molar-refractivity contribution in [3.05, 3.63) is 35.4 Å². The van der Waals surface area contributed by atoms with Gasteiger partial charge in [-0.25, -0.2) is 8.78 Å². The molecule has 0 aliphatic rings. The second-order valence-electron chi connectivity index (χ2n) is 3.92. The minimum absolute atomic E-state index is 0.413. The highest BCUT2D eigenvalue weighted by Gasteiger charge is 2.01. The molecule has 5 heteroatoms. The lowest BCUT2D eigenvalue weighted by molar-refractivity contribution is 0.104. The number of nitriles is 1. The van der Waals surface area contributed by atoms with Crippen LogP contribution < -0.4 is 5.32 Å². The van der Waals surface area contributed by atoms with E-state index in [0.717, 1.165) is 6.07 Å². The van der Waals surface area contributed by atoms with Crippen LogP contribution in [-0.4, -0.2) is 25.8 Å². The molecule has 0 aliphatic heterocycles. The number of nitrogens with one attached hydrogen (secondary N) is 1. The summed E-state index contributed by atoms with van der Waals surface area (Å²) >= 11 is 0. The molecule has 18 heavy (non-hydrogen) atoms. The lowest BCUT2D eigenvalue weighted by Crippen LogP contribution is -2.23. The lowest BCUT2D eigenvalue weighted by atomic mass is 10.1. The number of hydrogen-bond acceptors (Lipinski definition) is 3. The average molecular weight is 254 g/mol. The van der Waals surface area contributed by atoms with Crippen LogP contribution in [-0.2, 0) is 11.2 Å². The van der Waals surface area contributed by atoms with E-state index in [-0.39, 0.29) is 0 Å². The van der Waals surface area contributed by atoms with Gasteiger partial charge in [0.15, 0.2) is 0 Å². The van der Waals surface area contributed by atoms with Gasteiger partial charge in [0.25, 0.3) is 0 Å². The highest BCUT2D eigenvalue weighted by molar-refractivity contribution is 5.18. The van der Waals surface area contributed by atoms with Crippen molar-refractivity contribution < 1.29 is 13.5 Å². The first kappa shape index (κ1) is 14.6. The fourth-order valence-electron chi connectivity index (χ4n) is 1.46. The molecule has 1 aromatic rings. The van der Waals surface area contributed by atoms with Crippen molar-refractivity contribution in [2.75, 3.05) is 19.7 Å². The van der Waals surface area contributed by atoms with Gasteiger partial charge in [-0.3, -0.25) is 0 Å². The van der Waals surface area contributed by atoms with Crippen LogP contribution in [0.2, 0.25) is 0 Å². The summed E-state index contributed by atoms with van der Waals surface area (Å²) < 4.78 is 30.9. The zero-order valence-electron chi connectivity index (χ0n) is 10.2. The standard InChI is InChI=1S/C13H16F2N2O/c1-10(9-16)18-5-4-17-3-2-11-6-12(14)8-13(15)7-11/h6-8,10,17H,2-5H2,1H3. The summed E-state index contributed by atoms with van der Waals surface area (Å²) in [6.45, 7) is 3.32. The van der Waals surface area contributed by atoms with Crippen LogP contribution in [0.15, 0.2) is 18.2 Å². The SMILES string of the molecule is CC(C#N)OCCNCCc1cc(F)cc(F)c1. The Balaban J connectivity index is 2.16. The first-order valence-electron chi connectivity index (χ1n) is 5.78. The molecular weight excluding hydrogens is 238 g/mol. The first-order valence-corrected chi connectivity index (χ1v) is 5.78. The quantitative estimate of drug-likeness (QED) is 0.757. The monoisotopic (exact) mass is 254 g/mol. The molecule has 1 aromatic carbocycles. The molecule has 0 amide bonds. The third kappa shape index (κ3) is 5.71. The summed E-state index contributed by atoms with van der Waals surface area (Å²) in [5.74, 6) is -1.12. The molecule has 0 saturated carbocycles. The number of benzene rings is 1. The molecule has 0 saturated heterocycles. The Kier molecular flexibility index (Phi) is 6.26. The van der Waals surface area contributed by atoms with Crippen LogP contribution in [0.3, 0.4) is 0 Å². The van der Waals surface area contributed by atoms with Crippen molar-refractivity contribution >= 4 is 0 Å². The summed E-state index contributed by atoms with van der Waals surface area (Å²) in [6, 6.07) is 5.45. The molecule has 0 radical (unpaired) electrons. The van der Waals surface area contributed by atoms with E-state index < -0.39 is 17.7 Å². The van der Waals surface area contributed by atoms with Gasteiger partial charge in [0.2, 0.25) is 0 Å². The molecule has 1 rings (SSSR count). The third-order valence-corrected chi connectivity index (χ3v) is 2.34. The molecule has 0 heterocycles. The van der Waals surface area contributed by atoms with E-state index in [1.54, 1.807) is 6.92 Å². The zero-order valence-corrected chi connectivity index (χ0v) is 10.2. The largest absolute Gasteiger partial charge is 0.362 e. The van der Waals surface area contributed by atoms with Gasteiger partial charge >= 0.3 is 0 Å². The van der Waals surface area contributed by atoms with Crippen LogP contribution in [0.25, 0.3) is 0 Å². The van der Waals surface area contributed by atoms with Gasteiger partial charge in [0.1, 0.15) is 17.7 Å². The molecular formula is C13H16F2N2O. The minimum atomic E-state index is -0.559. The molecule has 0 aliphatic carbocycles. The number of rotatable bonds is 7.